The van der Waals surface area contributed by atoms with Gasteiger partial charge < -0.3 is 15.0 Å². The van der Waals surface area contributed by atoms with Gasteiger partial charge in [0, 0.05) is 62.0 Å². The molecule has 6 heterocycles. The predicted octanol–water partition coefficient (Wildman–Crippen LogP) is 3.53. The SMILES string of the molecule is COc1cc2c(cc1-n1nc(N3CCN(C)C3=O)c3cnc(-c4cnn5cccnc45)cc31)SCCN2. The minimum Gasteiger partial charge on any atom is -0.494 e. The van der Waals surface area contributed by atoms with Gasteiger partial charge in [0.1, 0.15) is 11.4 Å². The first-order valence-corrected chi connectivity index (χ1v) is 12.9. The fourth-order valence-electron chi connectivity index (χ4n) is 4.86. The first-order chi connectivity index (χ1) is 18.1. The lowest BCUT2D eigenvalue weighted by Crippen LogP contribution is -2.29. The van der Waals surface area contributed by atoms with Crippen molar-refractivity contribution in [3.8, 4) is 22.7 Å². The van der Waals surface area contributed by atoms with Gasteiger partial charge in [-0.15, -0.1) is 16.9 Å². The standard InChI is InChI=1S/C25H23N9O2S/c1-31-7-8-32(25(31)35)24-16-13-28-17(15-14-29-33-6-3-4-27-23(15)33)10-19(16)34(30-24)20-12-22-18(11-21(20)36-2)26-5-9-37-22/h3-4,6,10-14,26H,5,7-9H2,1-2H3. The summed E-state index contributed by atoms with van der Waals surface area (Å²) in [6.45, 7) is 2.10. The molecule has 0 radical (unpaired) electrons. The molecule has 2 aliphatic heterocycles. The van der Waals surface area contributed by atoms with Crippen LogP contribution in [0, 0.1) is 0 Å². The zero-order valence-electron chi connectivity index (χ0n) is 20.2. The number of nitrogens with zero attached hydrogens (tertiary/aromatic N) is 8. The van der Waals surface area contributed by atoms with E-state index < -0.39 is 0 Å². The van der Waals surface area contributed by atoms with E-state index in [9.17, 15) is 4.79 Å². The van der Waals surface area contributed by atoms with Gasteiger partial charge in [0.15, 0.2) is 11.5 Å². The summed E-state index contributed by atoms with van der Waals surface area (Å²) < 4.78 is 9.39. The number of carbonyl (C=O) groups excluding carboxylic acids is 1. The Kier molecular flexibility index (Phi) is 4.96. The number of urea groups is 1. The molecule has 2 amide bonds. The van der Waals surface area contributed by atoms with Gasteiger partial charge in [-0.25, -0.2) is 19.0 Å². The largest absolute Gasteiger partial charge is 0.494 e. The average molecular weight is 514 g/mol. The minimum atomic E-state index is -0.0837. The van der Waals surface area contributed by atoms with E-state index in [-0.39, 0.29) is 6.03 Å². The van der Waals surface area contributed by atoms with Crippen LogP contribution in [0.4, 0.5) is 16.3 Å². The average Bonchev–Trinajstić information content (AvgIpc) is 3.63. The van der Waals surface area contributed by atoms with Crippen LogP contribution >= 0.6 is 11.8 Å². The van der Waals surface area contributed by atoms with Crippen molar-refractivity contribution in [3.05, 3.63) is 49.1 Å². The molecule has 1 N–H and O–H groups in total. The number of hydrogen-bond acceptors (Lipinski definition) is 8. The summed E-state index contributed by atoms with van der Waals surface area (Å²) in [7, 11) is 3.46. The number of benzene rings is 1. The van der Waals surface area contributed by atoms with Crippen molar-refractivity contribution in [1.29, 1.82) is 0 Å². The number of rotatable bonds is 4. The number of thioether (sulfide) groups is 1. The number of fused-ring (bicyclic) bond motifs is 3. The van der Waals surface area contributed by atoms with Crippen LogP contribution in [0.5, 0.6) is 5.75 Å². The van der Waals surface area contributed by atoms with Crippen molar-refractivity contribution in [2.75, 3.05) is 49.8 Å². The summed E-state index contributed by atoms with van der Waals surface area (Å²) >= 11 is 1.80. The smallest absolute Gasteiger partial charge is 0.325 e. The normalized spacial score (nSPS) is 15.5. The molecule has 5 aromatic rings. The predicted molar refractivity (Wildman–Crippen MR) is 142 cm³/mol. The van der Waals surface area contributed by atoms with E-state index in [2.05, 4.69) is 21.5 Å². The van der Waals surface area contributed by atoms with Crippen molar-refractivity contribution in [3.63, 3.8) is 0 Å². The maximum atomic E-state index is 12.9. The van der Waals surface area contributed by atoms with Crippen LogP contribution in [0.2, 0.25) is 0 Å². The highest BCUT2D eigenvalue weighted by Crippen LogP contribution is 2.40. The van der Waals surface area contributed by atoms with E-state index in [0.717, 1.165) is 45.0 Å². The summed E-state index contributed by atoms with van der Waals surface area (Å²) in [5, 5.41) is 13.6. The number of nitrogens with one attached hydrogen (secondary N) is 1. The molecule has 2 aliphatic rings. The molecular formula is C25H23N9O2S. The van der Waals surface area contributed by atoms with Crippen LogP contribution in [-0.2, 0) is 0 Å². The van der Waals surface area contributed by atoms with Crippen molar-refractivity contribution < 1.29 is 9.53 Å². The molecule has 4 aromatic heterocycles. The Balaban J connectivity index is 1.47. The molecule has 0 atom stereocenters. The van der Waals surface area contributed by atoms with Crippen molar-refractivity contribution >= 4 is 45.8 Å². The molecule has 0 aliphatic carbocycles. The summed E-state index contributed by atoms with van der Waals surface area (Å²) in [6, 6.07) is 7.83. The molecule has 0 saturated carbocycles. The lowest BCUT2D eigenvalue weighted by molar-refractivity contribution is 0.229. The maximum absolute atomic E-state index is 12.9. The Labute approximate surface area is 216 Å². The molecule has 12 heteroatoms. The van der Waals surface area contributed by atoms with Gasteiger partial charge >= 0.3 is 6.03 Å². The second-order valence-corrected chi connectivity index (χ2v) is 10.1. The lowest BCUT2D eigenvalue weighted by atomic mass is 10.2. The number of pyridine rings is 1. The van der Waals surface area contributed by atoms with Gasteiger partial charge in [-0.05, 0) is 18.2 Å². The quantitative estimate of drug-likeness (QED) is 0.389. The van der Waals surface area contributed by atoms with Gasteiger partial charge in [-0.3, -0.25) is 9.88 Å². The molecule has 1 aromatic carbocycles. The molecule has 1 saturated heterocycles. The monoisotopic (exact) mass is 513 g/mol. The third kappa shape index (κ3) is 3.39. The Morgan fingerprint density at radius 1 is 1.14 bits per heavy atom. The Hall–Kier alpha value is -4.32. The number of amides is 2. The molecule has 1 fully saturated rings. The van der Waals surface area contributed by atoms with Crippen LogP contribution < -0.4 is 15.0 Å². The van der Waals surface area contributed by atoms with Crippen molar-refractivity contribution in [1.82, 2.24) is 34.3 Å². The highest BCUT2D eigenvalue weighted by molar-refractivity contribution is 7.99. The Morgan fingerprint density at radius 2 is 2.05 bits per heavy atom. The second kappa shape index (κ2) is 8.37. The third-order valence-corrected chi connectivity index (χ3v) is 7.81. The van der Waals surface area contributed by atoms with Crippen molar-refractivity contribution in [2.45, 2.75) is 4.90 Å². The van der Waals surface area contributed by atoms with E-state index in [4.69, 9.17) is 14.8 Å². The van der Waals surface area contributed by atoms with E-state index in [1.807, 2.05) is 29.1 Å². The van der Waals surface area contributed by atoms with E-state index in [1.54, 1.807) is 58.8 Å². The number of methoxy groups -OCH3 is 1. The number of likely N-dealkylation sites (N-methyl/N-ethyl adjacent to an activating group) is 1. The number of carbonyl (C=O) groups is 1. The molecule has 11 nitrogen and oxygen atoms in total. The lowest BCUT2D eigenvalue weighted by Gasteiger charge is -2.20. The number of anilines is 2. The molecule has 0 unspecified atom stereocenters. The molecule has 7 rings (SSSR count). The first kappa shape index (κ1) is 21.9. The van der Waals surface area contributed by atoms with E-state index in [0.29, 0.717) is 36.0 Å². The Bertz CT molecular complexity index is 1690. The van der Waals surface area contributed by atoms with Crippen molar-refractivity contribution in [2.24, 2.45) is 0 Å². The summed E-state index contributed by atoms with van der Waals surface area (Å²) in [6.07, 6.45) is 7.13. The van der Waals surface area contributed by atoms with Crippen LogP contribution in [0.15, 0.2) is 53.9 Å². The number of aromatic nitrogens is 6. The fourth-order valence-corrected chi connectivity index (χ4v) is 5.76. The van der Waals surface area contributed by atoms with Crippen LogP contribution in [-0.4, -0.2) is 79.8 Å². The topological polar surface area (TPSA) is 106 Å². The highest BCUT2D eigenvalue weighted by atomic mass is 32.2. The van der Waals surface area contributed by atoms with E-state index in [1.165, 1.54) is 0 Å². The van der Waals surface area contributed by atoms with Gasteiger partial charge in [0.25, 0.3) is 0 Å². The van der Waals surface area contributed by atoms with Gasteiger partial charge in [-0.2, -0.15) is 5.10 Å². The molecule has 0 bridgehead atoms. The number of hydrogen-bond donors (Lipinski definition) is 1. The summed E-state index contributed by atoms with van der Waals surface area (Å²) in [5.74, 6) is 2.24. The Morgan fingerprint density at radius 3 is 2.89 bits per heavy atom. The summed E-state index contributed by atoms with van der Waals surface area (Å²) in [5.41, 5.74) is 4.89. The number of ether oxygens (including phenoxy) is 1. The van der Waals surface area contributed by atoms with E-state index >= 15 is 0 Å². The maximum Gasteiger partial charge on any atom is 0.325 e. The molecule has 186 valence electrons. The zero-order chi connectivity index (χ0) is 25.1. The van der Waals surface area contributed by atoms with Crippen LogP contribution in [0.25, 0.3) is 33.5 Å². The fraction of sp³-hybridized carbons (Fsp3) is 0.240. The highest BCUT2D eigenvalue weighted by Gasteiger charge is 2.31. The van der Waals surface area contributed by atoms with Gasteiger partial charge in [-0.1, -0.05) is 0 Å². The van der Waals surface area contributed by atoms with Gasteiger partial charge in [0.05, 0.1) is 41.2 Å². The molecule has 37 heavy (non-hydrogen) atoms. The zero-order valence-corrected chi connectivity index (χ0v) is 21.1. The van der Waals surface area contributed by atoms with Crippen LogP contribution in [0.3, 0.4) is 0 Å². The van der Waals surface area contributed by atoms with Gasteiger partial charge in [0.2, 0.25) is 0 Å². The summed E-state index contributed by atoms with van der Waals surface area (Å²) in [4.78, 5) is 26.7. The van der Waals surface area contributed by atoms with Crippen LogP contribution in [0.1, 0.15) is 0 Å². The third-order valence-electron chi connectivity index (χ3n) is 6.76. The first-order valence-electron chi connectivity index (χ1n) is 11.9. The second-order valence-electron chi connectivity index (χ2n) is 8.92. The molecule has 0 spiro atoms. The molecular weight excluding hydrogens is 490 g/mol. The minimum absolute atomic E-state index is 0.0837.